The van der Waals surface area contributed by atoms with Gasteiger partial charge in [-0.3, -0.25) is 4.79 Å². The molecule has 0 saturated heterocycles. The monoisotopic (exact) mass is 653 g/mol. The van der Waals surface area contributed by atoms with Gasteiger partial charge in [-0.25, -0.2) is 22.9 Å². The van der Waals surface area contributed by atoms with E-state index in [-0.39, 0.29) is 44.9 Å². The van der Waals surface area contributed by atoms with E-state index in [1.54, 1.807) is 30.3 Å². The first-order chi connectivity index (χ1) is 20.2. The average molecular weight is 654 g/mol. The number of unbranched alkanes of at least 4 members (excludes halogenated alkanes) is 1. The number of hydrogen-bond donors (Lipinski definition) is 2. The van der Waals surface area contributed by atoms with Gasteiger partial charge in [-0.2, -0.15) is 13.2 Å². The predicted molar refractivity (Wildman–Crippen MR) is 155 cm³/mol. The van der Waals surface area contributed by atoms with E-state index in [2.05, 4.69) is 4.98 Å². The van der Waals surface area contributed by atoms with Crippen LogP contribution in [0.5, 0.6) is 0 Å². The van der Waals surface area contributed by atoms with Crippen LogP contribution in [0.4, 0.5) is 13.2 Å². The SMILES string of the molecule is CCCCc1nc(C(F)(F)F)c(C(=O)O)n1Cc1ccc(-c2ccccc2S(=O)(=O)NC(=O)c2ccc(Cl)cc2Cl)cc1. The fourth-order valence-corrected chi connectivity index (χ4v) is 6.12. The van der Waals surface area contributed by atoms with E-state index >= 15 is 0 Å². The summed E-state index contributed by atoms with van der Waals surface area (Å²) < 4.78 is 70.4. The van der Waals surface area contributed by atoms with Gasteiger partial charge in [-0.05, 0) is 41.8 Å². The van der Waals surface area contributed by atoms with Crippen molar-refractivity contribution in [1.29, 1.82) is 0 Å². The molecule has 4 aromatic rings. The number of carbonyl (C=O) groups is 2. The fourth-order valence-electron chi connectivity index (χ4n) is 4.43. The number of aryl methyl sites for hydroxylation is 1. The molecular weight excluding hydrogens is 630 g/mol. The van der Waals surface area contributed by atoms with E-state index in [4.69, 9.17) is 23.2 Å². The molecule has 1 heterocycles. The zero-order chi connectivity index (χ0) is 31.5. The molecular formula is C29H24Cl2F3N3O5S. The van der Waals surface area contributed by atoms with Gasteiger partial charge in [0, 0.05) is 23.6 Å². The molecule has 0 atom stereocenters. The summed E-state index contributed by atoms with van der Waals surface area (Å²) in [7, 11) is -4.39. The maximum atomic E-state index is 13.6. The highest BCUT2D eigenvalue weighted by atomic mass is 35.5. The number of benzene rings is 3. The molecule has 0 aliphatic rings. The lowest BCUT2D eigenvalue weighted by Crippen LogP contribution is -2.31. The first-order valence-corrected chi connectivity index (χ1v) is 15.1. The summed E-state index contributed by atoms with van der Waals surface area (Å²) in [5.74, 6) is -2.71. The Morgan fingerprint density at radius 1 is 1.02 bits per heavy atom. The minimum Gasteiger partial charge on any atom is -0.477 e. The van der Waals surface area contributed by atoms with Gasteiger partial charge in [0.1, 0.15) is 5.82 Å². The molecule has 0 aliphatic carbocycles. The third-order valence-corrected chi connectivity index (χ3v) is 8.39. The quantitative estimate of drug-likeness (QED) is 0.189. The number of aromatic nitrogens is 2. The van der Waals surface area contributed by atoms with Crippen molar-refractivity contribution in [2.24, 2.45) is 0 Å². The number of aromatic carboxylic acids is 1. The van der Waals surface area contributed by atoms with Gasteiger partial charge in [-0.15, -0.1) is 0 Å². The molecule has 0 saturated carbocycles. The molecule has 0 spiro atoms. The maximum Gasteiger partial charge on any atom is 0.435 e. The van der Waals surface area contributed by atoms with Crippen molar-refractivity contribution in [3.05, 3.63) is 105 Å². The number of nitrogens with one attached hydrogen (secondary N) is 1. The highest BCUT2D eigenvalue weighted by Crippen LogP contribution is 2.33. The normalized spacial score (nSPS) is 11.9. The molecule has 43 heavy (non-hydrogen) atoms. The molecule has 0 fully saturated rings. The molecule has 0 radical (unpaired) electrons. The van der Waals surface area contributed by atoms with Crippen LogP contribution in [-0.2, 0) is 29.2 Å². The van der Waals surface area contributed by atoms with Gasteiger partial charge in [0.25, 0.3) is 15.9 Å². The Labute approximate surface area is 255 Å². The van der Waals surface area contributed by atoms with Crippen molar-refractivity contribution >= 4 is 45.1 Å². The van der Waals surface area contributed by atoms with Crippen molar-refractivity contribution in [3.8, 4) is 11.1 Å². The largest absolute Gasteiger partial charge is 0.477 e. The second kappa shape index (κ2) is 12.8. The number of sulfonamides is 1. The Balaban J connectivity index is 1.66. The number of nitrogens with zero attached hydrogens (tertiary/aromatic N) is 2. The first-order valence-electron chi connectivity index (χ1n) is 12.8. The summed E-state index contributed by atoms with van der Waals surface area (Å²) in [6.07, 6.45) is -3.62. The first kappa shape index (κ1) is 32.1. The van der Waals surface area contributed by atoms with Crippen LogP contribution in [0, 0.1) is 0 Å². The molecule has 8 nitrogen and oxygen atoms in total. The number of halogens is 5. The van der Waals surface area contributed by atoms with E-state index < -0.39 is 39.5 Å². The summed E-state index contributed by atoms with van der Waals surface area (Å²) in [6.45, 7) is 1.65. The number of amides is 1. The van der Waals surface area contributed by atoms with Crippen LogP contribution in [0.3, 0.4) is 0 Å². The van der Waals surface area contributed by atoms with Crippen LogP contribution < -0.4 is 4.72 Å². The highest BCUT2D eigenvalue weighted by molar-refractivity contribution is 7.90. The summed E-state index contributed by atoms with van der Waals surface area (Å²) in [4.78, 5) is 28.0. The van der Waals surface area contributed by atoms with Gasteiger partial charge in [0.15, 0.2) is 11.4 Å². The van der Waals surface area contributed by atoms with E-state index in [0.717, 1.165) is 4.57 Å². The molecule has 1 aromatic heterocycles. The second-order valence-electron chi connectivity index (χ2n) is 9.47. The Bertz CT molecular complexity index is 1790. The Morgan fingerprint density at radius 2 is 1.70 bits per heavy atom. The molecule has 3 aromatic carbocycles. The molecule has 4 rings (SSSR count). The molecule has 2 N–H and O–H groups in total. The number of rotatable bonds is 10. The van der Waals surface area contributed by atoms with Gasteiger partial charge >= 0.3 is 12.1 Å². The van der Waals surface area contributed by atoms with Crippen molar-refractivity contribution in [1.82, 2.24) is 14.3 Å². The topological polar surface area (TPSA) is 118 Å². The highest BCUT2D eigenvalue weighted by Gasteiger charge is 2.41. The summed E-state index contributed by atoms with van der Waals surface area (Å²) in [5.41, 5.74) is -1.37. The van der Waals surface area contributed by atoms with Crippen molar-refractivity contribution < 1.29 is 36.3 Å². The number of imidazole rings is 1. The number of carbonyl (C=O) groups excluding carboxylic acids is 1. The lowest BCUT2D eigenvalue weighted by atomic mass is 10.0. The summed E-state index contributed by atoms with van der Waals surface area (Å²) in [5, 5.41) is 9.86. The Morgan fingerprint density at radius 3 is 2.30 bits per heavy atom. The fraction of sp³-hybridized carbons (Fsp3) is 0.207. The van der Waals surface area contributed by atoms with E-state index in [1.165, 1.54) is 36.4 Å². The predicted octanol–water partition coefficient (Wildman–Crippen LogP) is 7.08. The average Bonchev–Trinajstić information content (AvgIpc) is 3.31. The third kappa shape index (κ3) is 7.20. The minimum absolute atomic E-state index is 0.00335. The van der Waals surface area contributed by atoms with Crippen LogP contribution in [0.1, 0.15) is 57.7 Å². The van der Waals surface area contributed by atoms with Gasteiger partial charge in [0.2, 0.25) is 0 Å². The third-order valence-electron chi connectivity index (χ3n) is 6.46. The van der Waals surface area contributed by atoms with E-state index in [1.807, 2.05) is 11.6 Å². The zero-order valence-corrected chi connectivity index (χ0v) is 24.8. The molecule has 14 heteroatoms. The van der Waals surface area contributed by atoms with Crippen LogP contribution in [0.25, 0.3) is 11.1 Å². The van der Waals surface area contributed by atoms with Crippen LogP contribution in [0.15, 0.2) is 71.6 Å². The zero-order valence-electron chi connectivity index (χ0n) is 22.5. The smallest absolute Gasteiger partial charge is 0.435 e. The number of carboxylic acid groups (broad SMARTS) is 1. The van der Waals surface area contributed by atoms with Gasteiger partial charge < -0.3 is 9.67 Å². The molecule has 1 amide bonds. The van der Waals surface area contributed by atoms with Crippen LogP contribution >= 0.6 is 23.2 Å². The summed E-state index contributed by atoms with van der Waals surface area (Å²) >= 11 is 11.9. The maximum absolute atomic E-state index is 13.6. The van der Waals surface area contributed by atoms with Crippen molar-refractivity contribution in [3.63, 3.8) is 0 Å². The molecule has 0 bridgehead atoms. The van der Waals surface area contributed by atoms with E-state index in [0.29, 0.717) is 24.0 Å². The van der Waals surface area contributed by atoms with Crippen molar-refractivity contribution in [2.75, 3.05) is 0 Å². The van der Waals surface area contributed by atoms with Crippen LogP contribution in [0.2, 0.25) is 10.0 Å². The minimum atomic E-state index is -4.95. The lowest BCUT2D eigenvalue weighted by Gasteiger charge is -2.14. The van der Waals surface area contributed by atoms with E-state index in [9.17, 15) is 36.3 Å². The number of hydrogen-bond acceptors (Lipinski definition) is 5. The van der Waals surface area contributed by atoms with Crippen LogP contribution in [-0.4, -0.2) is 35.0 Å². The number of carboxylic acids is 1. The second-order valence-corrected chi connectivity index (χ2v) is 12.0. The Hall–Kier alpha value is -3.87. The standard InChI is InChI=1S/C29H24Cl2F3N3O5S/c1-2-3-8-24-35-26(29(32,33)34)25(28(39)40)37(24)16-17-9-11-18(12-10-17)20-6-4-5-7-23(20)43(41,42)36-27(38)21-14-13-19(30)15-22(21)31/h4-7,9-15H,2-3,8,16H2,1H3,(H,36,38)(H,39,40). The molecule has 226 valence electrons. The van der Waals surface area contributed by atoms with Gasteiger partial charge in [0.05, 0.1) is 15.5 Å². The molecule has 0 aliphatic heterocycles. The number of alkyl halides is 3. The Kier molecular flexibility index (Phi) is 9.53. The van der Waals surface area contributed by atoms with Crippen molar-refractivity contribution in [2.45, 2.75) is 43.8 Å². The molecule has 0 unspecified atom stereocenters. The lowest BCUT2D eigenvalue weighted by molar-refractivity contribution is -0.141. The summed E-state index contributed by atoms with van der Waals surface area (Å²) in [6, 6.07) is 16.1. The van der Waals surface area contributed by atoms with Gasteiger partial charge in [-0.1, -0.05) is 79.0 Å².